The van der Waals surface area contributed by atoms with Gasteiger partial charge >= 0.3 is 6.18 Å². The zero-order chi connectivity index (χ0) is 18.8. The van der Waals surface area contributed by atoms with Gasteiger partial charge in [0.2, 0.25) is 5.91 Å². The van der Waals surface area contributed by atoms with Crippen LogP contribution in [0.25, 0.3) is 5.69 Å². The number of hydrogen-bond acceptors (Lipinski definition) is 4. The van der Waals surface area contributed by atoms with Gasteiger partial charge < -0.3 is 15.8 Å². The van der Waals surface area contributed by atoms with Crippen molar-refractivity contribution in [2.75, 3.05) is 19.0 Å². The summed E-state index contributed by atoms with van der Waals surface area (Å²) in [6.45, 7) is 1.62. The van der Waals surface area contributed by atoms with Gasteiger partial charge in [0.1, 0.15) is 11.9 Å². The van der Waals surface area contributed by atoms with Crippen LogP contribution in [0.15, 0.2) is 24.3 Å². The summed E-state index contributed by atoms with van der Waals surface area (Å²) in [6.07, 6.45) is -4.54. The number of aromatic nitrogens is 2. The number of halogens is 4. The predicted molar refractivity (Wildman–Crippen MR) is 86.8 cm³/mol. The molecule has 1 unspecified atom stereocenters. The normalized spacial score (nSPS) is 12.9. The highest BCUT2D eigenvalue weighted by Gasteiger charge is 2.31. The largest absolute Gasteiger partial charge is 0.416 e. The van der Waals surface area contributed by atoms with Gasteiger partial charge in [-0.3, -0.25) is 4.79 Å². The molecule has 2 rings (SSSR count). The van der Waals surface area contributed by atoms with E-state index in [0.717, 1.165) is 22.9 Å². The minimum Gasteiger partial charge on any atom is -0.383 e. The van der Waals surface area contributed by atoms with E-state index in [9.17, 15) is 18.0 Å². The lowest BCUT2D eigenvalue weighted by atomic mass is 10.2. The predicted octanol–water partition coefficient (Wildman–Crippen LogP) is 2.77. The average molecular weight is 377 g/mol. The molecule has 0 aliphatic rings. The van der Waals surface area contributed by atoms with Gasteiger partial charge in [-0.1, -0.05) is 11.6 Å². The van der Waals surface area contributed by atoms with Crippen LogP contribution in [0.2, 0.25) is 5.02 Å². The fourth-order valence-electron chi connectivity index (χ4n) is 2.10. The first-order chi connectivity index (χ1) is 11.6. The molecule has 1 atom stereocenters. The van der Waals surface area contributed by atoms with Crippen molar-refractivity contribution in [1.82, 2.24) is 9.78 Å². The Balaban J connectivity index is 2.43. The summed E-state index contributed by atoms with van der Waals surface area (Å²) < 4.78 is 44.8. The summed E-state index contributed by atoms with van der Waals surface area (Å²) in [6, 6.07) is 3.41. The Hall–Kier alpha value is -2.10. The van der Waals surface area contributed by atoms with Crippen LogP contribution < -0.4 is 11.1 Å². The van der Waals surface area contributed by atoms with Crippen molar-refractivity contribution in [3.8, 4) is 5.69 Å². The monoisotopic (exact) mass is 376 g/mol. The number of carbonyl (C=O) groups is 1. The summed E-state index contributed by atoms with van der Waals surface area (Å²) >= 11 is 6.03. The van der Waals surface area contributed by atoms with E-state index in [1.807, 2.05) is 0 Å². The molecule has 1 heterocycles. The molecule has 1 aromatic carbocycles. The molecule has 6 nitrogen and oxygen atoms in total. The molecule has 0 aliphatic carbocycles. The Labute approximate surface area is 146 Å². The fraction of sp³-hybridized carbons (Fsp3) is 0.333. The highest BCUT2D eigenvalue weighted by molar-refractivity contribution is 6.32. The topological polar surface area (TPSA) is 82.2 Å². The summed E-state index contributed by atoms with van der Waals surface area (Å²) in [5, 5.41) is 6.67. The maximum absolute atomic E-state index is 12.9. The maximum atomic E-state index is 12.9. The van der Waals surface area contributed by atoms with E-state index in [1.54, 1.807) is 6.92 Å². The number of amides is 1. The van der Waals surface area contributed by atoms with Crippen LogP contribution >= 0.6 is 11.6 Å². The highest BCUT2D eigenvalue weighted by atomic mass is 35.5. The Morgan fingerprint density at radius 2 is 2.12 bits per heavy atom. The number of nitrogens with zero attached hydrogens (tertiary/aromatic N) is 2. The lowest BCUT2D eigenvalue weighted by Gasteiger charge is -2.15. The number of ether oxygens (including phenoxy) is 1. The second-order valence-corrected chi connectivity index (χ2v) is 5.70. The third-order valence-corrected chi connectivity index (χ3v) is 3.59. The number of methoxy groups -OCH3 is 1. The molecule has 0 radical (unpaired) electrons. The van der Waals surface area contributed by atoms with Crippen LogP contribution in [0, 0.1) is 6.92 Å². The number of aryl methyl sites for hydroxylation is 1. The number of anilines is 1. The van der Waals surface area contributed by atoms with Gasteiger partial charge in [-0.25, -0.2) is 4.68 Å². The van der Waals surface area contributed by atoms with E-state index in [-0.39, 0.29) is 23.1 Å². The number of nitrogens with one attached hydrogen (secondary N) is 1. The molecule has 1 amide bonds. The summed E-state index contributed by atoms with van der Waals surface area (Å²) in [5.74, 6) is -0.415. The number of alkyl halides is 3. The van der Waals surface area contributed by atoms with Crippen molar-refractivity contribution in [2.45, 2.75) is 19.1 Å². The molecule has 2 aromatic rings. The first-order valence-corrected chi connectivity index (χ1v) is 7.50. The van der Waals surface area contributed by atoms with E-state index in [4.69, 9.17) is 22.1 Å². The van der Waals surface area contributed by atoms with E-state index < -0.39 is 23.7 Å². The second-order valence-electron chi connectivity index (χ2n) is 5.30. The van der Waals surface area contributed by atoms with Crippen LogP contribution in [-0.4, -0.2) is 35.4 Å². The quantitative estimate of drug-likeness (QED) is 0.840. The Bertz CT molecular complexity index is 777. The van der Waals surface area contributed by atoms with Crippen molar-refractivity contribution in [2.24, 2.45) is 5.73 Å². The van der Waals surface area contributed by atoms with Crippen LogP contribution in [0.4, 0.5) is 19.0 Å². The smallest absolute Gasteiger partial charge is 0.383 e. The molecule has 0 aliphatic heterocycles. The number of carbonyl (C=O) groups excluding carboxylic acids is 1. The Morgan fingerprint density at radius 3 is 2.72 bits per heavy atom. The third kappa shape index (κ3) is 4.50. The minimum absolute atomic E-state index is 0.0106. The summed E-state index contributed by atoms with van der Waals surface area (Å²) in [7, 11) is 1.39. The summed E-state index contributed by atoms with van der Waals surface area (Å²) in [5.41, 5.74) is 5.22. The molecule has 0 saturated heterocycles. The van der Waals surface area contributed by atoms with Crippen LogP contribution in [0.1, 0.15) is 11.3 Å². The lowest BCUT2D eigenvalue weighted by molar-refractivity contribution is -0.137. The molecular weight excluding hydrogens is 361 g/mol. The molecule has 25 heavy (non-hydrogen) atoms. The molecule has 10 heteroatoms. The standard InChI is InChI=1S/C15H16ClF3N4O2/c1-8-5-13(21-14(24)11(20)7-25-2)23(22-8)12-6-9(15(17,18)19)3-4-10(12)16/h3-6,11H,7,20H2,1-2H3,(H,21,24). The van der Waals surface area contributed by atoms with Gasteiger partial charge in [0.05, 0.1) is 28.6 Å². The van der Waals surface area contributed by atoms with E-state index in [0.29, 0.717) is 5.69 Å². The molecule has 0 spiro atoms. The molecule has 0 saturated carbocycles. The van der Waals surface area contributed by atoms with Gasteiger partial charge in [0, 0.05) is 13.2 Å². The Morgan fingerprint density at radius 1 is 1.44 bits per heavy atom. The van der Waals surface area contributed by atoms with Crippen LogP contribution in [0.3, 0.4) is 0 Å². The first kappa shape index (κ1) is 19.2. The summed E-state index contributed by atoms with van der Waals surface area (Å²) in [4.78, 5) is 12.0. The van der Waals surface area contributed by atoms with Gasteiger partial charge in [-0.2, -0.15) is 18.3 Å². The van der Waals surface area contributed by atoms with Gasteiger partial charge in [0.15, 0.2) is 0 Å². The van der Waals surface area contributed by atoms with E-state index >= 15 is 0 Å². The molecule has 0 fully saturated rings. The Kier molecular flexibility index (Phi) is 5.71. The lowest BCUT2D eigenvalue weighted by Crippen LogP contribution is -2.39. The van der Waals surface area contributed by atoms with Crippen LogP contribution in [0.5, 0.6) is 0 Å². The molecule has 3 N–H and O–H groups in total. The second kappa shape index (κ2) is 7.42. The van der Waals surface area contributed by atoms with Crippen molar-refractivity contribution >= 4 is 23.3 Å². The van der Waals surface area contributed by atoms with Crippen molar-refractivity contribution in [3.05, 3.63) is 40.5 Å². The number of hydrogen-bond donors (Lipinski definition) is 2. The van der Waals surface area contributed by atoms with Gasteiger partial charge in [-0.05, 0) is 25.1 Å². The SMILES string of the molecule is COCC(N)C(=O)Nc1cc(C)nn1-c1cc(C(F)(F)F)ccc1Cl. The third-order valence-electron chi connectivity index (χ3n) is 3.27. The molecule has 136 valence electrons. The molecular formula is C15H16ClF3N4O2. The zero-order valence-corrected chi connectivity index (χ0v) is 14.1. The maximum Gasteiger partial charge on any atom is 0.416 e. The number of nitrogens with two attached hydrogens (primary N) is 1. The van der Waals surface area contributed by atoms with Gasteiger partial charge in [-0.15, -0.1) is 0 Å². The average Bonchev–Trinajstić information content (AvgIpc) is 2.87. The highest BCUT2D eigenvalue weighted by Crippen LogP contribution is 2.34. The van der Waals surface area contributed by atoms with Gasteiger partial charge in [0.25, 0.3) is 0 Å². The van der Waals surface area contributed by atoms with Crippen LogP contribution in [-0.2, 0) is 15.7 Å². The fourth-order valence-corrected chi connectivity index (χ4v) is 2.30. The first-order valence-electron chi connectivity index (χ1n) is 7.12. The zero-order valence-electron chi connectivity index (χ0n) is 13.4. The number of benzene rings is 1. The number of rotatable bonds is 5. The molecule has 1 aromatic heterocycles. The van der Waals surface area contributed by atoms with Crippen molar-refractivity contribution in [1.29, 1.82) is 0 Å². The van der Waals surface area contributed by atoms with Crippen molar-refractivity contribution < 1.29 is 22.7 Å². The van der Waals surface area contributed by atoms with Crippen molar-refractivity contribution in [3.63, 3.8) is 0 Å². The molecule has 0 bridgehead atoms. The minimum atomic E-state index is -4.54. The van der Waals surface area contributed by atoms with E-state index in [2.05, 4.69) is 10.4 Å². The van der Waals surface area contributed by atoms with E-state index in [1.165, 1.54) is 13.2 Å².